The predicted molar refractivity (Wildman–Crippen MR) is 146 cm³/mol. The number of hydrogen-bond acceptors (Lipinski definition) is 7. The Hall–Kier alpha value is -4.51. The molecule has 0 radical (unpaired) electrons. The molecule has 0 aliphatic carbocycles. The lowest BCUT2D eigenvalue weighted by Crippen LogP contribution is -2.46. The molecule has 0 spiro atoms. The number of urea groups is 1. The molecule has 0 saturated heterocycles. The first kappa shape index (κ1) is 27.5. The number of nitrogens with one attached hydrogen (secondary N) is 3. The predicted octanol–water partition coefficient (Wildman–Crippen LogP) is 4.62. The van der Waals surface area contributed by atoms with Crippen LogP contribution in [-0.2, 0) is 6.61 Å². The van der Waals surface area contributed by atoms with E-state index < -0.39 is 18.0 Å². The minimum atomic E-state index is -0.700. The molecule has 0 fully saturated rings. The first-order valence-electron chi connectivity index (χ1n) is 12.4. The van der Waals surface area contributed by atoms with Gasteiger partial charge >= 0.3 is 6.03 Å². The van der Waals surface area contributed by atoms with Gasteiger partial charge in [-0.25, -0.2) is 14.2 Å². The number of carbonyl (C=O) groups excluding carboxylic acids is 2. The third kappa shape index (κ3) is 6.68. The van der Waals surface area contributed by atoms with E-state index in [4.69, 9.17) is 9.84 Å². The SMILES string of the molecule is CNC(=O)c1cc(Oc2ccc(NC(=O)NC3CC(C(C)(C)C)=NN3c3cccc(CO)c3)c(F)c2)ccn1. The van der Waals surface area contributed by atoms with E-state index in [0.717, 1.165) is 23.0 Å². The Kier molecular flexibility index (Phi) is 8.10. The van der Waals surface area contributed by atoms with Crippen LogP contribution in [-0.4, -0.2) is 41.0 Å². The maximum Gasteiger partial charge on any atom is 0.320 e. The van der Waals surface area contributed by atoms with Crippen molar-refractivity contribution in [2.45, 2.75) is 40.0 Å². The number of nitrogens with zero attached hydrogens (tertiary/aromatic N) is 3. The van der Waals surface area contributed by atoms with Crippen LogP contribution in [0.1, 0.15) is 43.2 Å². The maximum absolute atomic E-state index is 14.9. The largest absolute Gasteiger partial charge is 0.457 e. The van der Waals surface area contributed by atoms with E-state index in [1.165, 1.54) is 31.4 Å². The summed E-state index contributed by atoms with van der Waals surface area (Å²) in [7, 11) is 1.49. The standard InChI is InChI=1S/C28H31FN6O4/c1-28(2,3)24-15-25(35(34-24)18-7-5-6-17(12-18)16-36)33-27(38)32-22-9-8-19(13-21(22)29)39-20-10-11-31-23(14-20)26(37)30-4/h5-14,25,36H,15-16H2,1-4H3,(H,30,37)(H2,32,33,38). The molecule has 0 saturated carbocycles. The highest BCUT2D eigenvalue weighted by molar-refractivity contribution is 5.95. The van der Waals surface area contributed by atoms with Crippen molar-refractivity contribution in [1.82, 2.24) is 15.6 Å². The Morgan fingerprint density at radius 1 is 1.13 bits per heavy atom. The summed E-state index contributed by atoms with van der Waals surface area (Å²) < 4.78 is 20.5. The highest BCUT2D eigenvalue weighted by Gasteiger charge is 2.34. The van der Waals surface area contributed by atoms with Gasteiger partial charge in [-0.05, 0) is 35.9 Å². The third-order valence-electron chi connectivity index (χ3n) is 6.05. The van der Waals surface area contributed by atoms with Crippen LogP contribution in [0.25, 0.3) is 0 Å². The summed E-state index contributed by atoms with van der Waals surface area (Å²) in [5.41, 5.74) is 2.23. The number of halogens is 1. The topological polar surface area (TPSA) is 128 Å². The Morgan fingerprint density at radius 2 is 1.90 bits per heavy atom. The van der Waals surface area contributed by atoms with E-state index in [9.17, 15) is 19.1 Å². The van der Waals surface area contributed by atoms with Gasteiger partial charge in [0.25, 0.3) is 5.91 Å². The van der Waals surface area contributed by atoms with Gasteiger partial charge in [0.1, 0.15) is 29.2 Å². The van der Waals surface area contributed by atoms with E-state index in [1.807, 2.05) is 32.9 Å². The Labute approximate surface area is 225 Å². The Bertz CT molecular complexity index is 1400. The number of ether oxygens (including phenoxy) is 1. The van der Waals surface area contributed by atoms with Gasteiger partial charge in [-0.3, -0.25) is 9.78 Å². The first-order chi connectivity index (χ1) is 18.6. The summed E-state index contributed by atoms with van der Waals surface area (Å²) in [5.74, 6) is -0.586. The molecule has 10 nitrogen and oxygen atoms in total. The number of hydrazone groups is 1. The number of hydrogen-bond donors (Lipinski definition) is 4. The molecule has 39 heavy (non-hydrogen) atoms. The Balaban J connectivity index is 1.45. The molecule has 3 aromatic rings. The number of rotatable bonds is 7. The van der Waals surface area contributed by atoms with E-state index >= 15 is 0 Å². The fraction of sp³-hybridized carbons (Fsp3) is 0.286. The van der Waals surface area contributed by atoms with Crippen molar-refractivity contribution < 1.29 is 23.8 Å². The molecule has 3 amide bonds. The van der Waals surface area contributed by atoms with Crippen molar-refractivity contribution in [3.05, 3.63) is 77.9 Å². The lowest BCUT2D eigenvalue weighted by molar-refractivity contribution is 0.0957. The van der Waals surface area contributed by atoms with Gasteiger partial charge in [0.05, 0.1) is 18.0 Å². The molecule has 4 rings (SSSR count). The molecule has 2 aromatic carbocycles. The number of aliphatic hydroxyl groups is 1. The number of aromatic nitrogens is 1. The van der Waals surface area contributed by atoms with Gasteiger partial charge in [0.15, 0.2) is 0 Å². The summed E-state index contributed by atoms with van der Waals surface area (Å²) in [5, 5.41) is 23.9. The number of benzene rings is 2. The van der Waals surface area contributed by atoms with E-state index in [1.54, 1.807) is 23.2 Å². The minimum Gasteiger partial charge on any atom is -0.457 e. The van der Waals surface area contributed by atoms with Gasteiger partial charge in [-0.2, -0.15) is 5.10 Å². The molecule has 1 atom stereocenters. The van der Waals surface area contributed by atoms with Crippen molar-refractivity contribution in [3.8, 4) is 11.5 Å². The van der Waals surface area contributed by atoms with Crippen molar-refractivity contribution in [3.63, 3.8) is 0 Å². The van der Waals surface area contributed by atoms with Crippen LogP contribution >= 0.6 is 0 Å². The van der Waals surface area contributed by atoms with Crippen LogP contribution in [0.15, 0.2) is 65.9 Å². The quantitative estimate of drug-likeness (QED) is 0.350. The average molecular weight is 535 g/mol. The molecule has 1 aliphatic rings. The summed E-state index contributed by atoms with van der Waals surface area (Å²) >= 11 is 0. The maximum atomic E-state index is 14.9. The van der Waals surface area contributed by atoms with Gasteiger partial charge < -0.3 is 25.8 Å². The zero-order valence-electron chi connectivity index (χ0n) is 22.2. The van der Waals surface area contributed by atoms with Gasteiger partial charge in [-0.15, -0.1) is 0 Å². The zero-order chi connectivity index (χ0) is 28.2. The molecule has 11 heteroatoms. The minimum absolute atomic E-state index is 0.0376. The fourth-order valence-corrected chi connectivity index (χ4v) is 3.95. The summed E-state index contributed by atoms with van der Waals surface area (Å²) in [6.07, 6.45) is 1.37. The Morgan fingerprint density at radius 3 is 2.59 bits per heavy atom. The number of anilines is 2. The lowest BCUT2D eigenvalue weighted by Gasteiger charge is -2.25. The molecule has 4 N–H and O–H groups in total. The van der Waals surface area contributed by atoms with Crippen LogP contribution in [0.3, 0.4) is 0 Å². The smallest absolute Gasteiger partial charge is 0.320 e. The van der Waals surface area contributed by atoms with Gasteiger partial charge in [-0.1, -0.05) is 32.9 Å². The van der Waals surface area contributed by atoms with Crippen LogP contribution in [0, 0.1) is 11.2 Å². The second-order valence-electron chi connectivity index (χ2n) is 9.99. The summed E-state index contributed by atoms with van der Waals surface area (Å²) in [6.45, 7) is 6.01. The van der Waals surface area contributed by atoms with Crippen LogP contribution < -0.4 is 25.7 Å². The second kappa shape index (κ2) is 11.5. The number of aliphatic hydroxyl groups excluding tert-OH is 1. The van der Waals surface area contributed by atoms with Crippen LogP contribution in [0.4, 0.5) is 20.6 Å². The first-order valence-corrected chi connectivity index (χ1v) is 12.4. The molecule has 0 bridgehead atoms. The number of pyridine rings is 1. The molecule has 1 aliphatic heterocycles. The second-order valence-corrected chi connectivity index (χ2v) is 9.99. The van der Waals surface area contributed by atoms with Crippen molar-refractivity contribution in [2.75, 3.05) is 17.4 Å². The molecular weight excluding hydrogens is 503 g/mol. The lowest BCUT2D eigenvalue weighted by atomic mass is 9.88. The van der Waals surface area contributed by atoms with Crippen LogP contribution in [0.2, 0.25) is 0 Å². The van der Waals surface area contributed by atoms with E-state index in [0.29, 0.717) is 12.2 Å². The highest BCUT2D eigenvalue weighted by Crippen LogP contribution is 2.31. The molecule has 1 unspecified atom stereocenters. The van der Waals surface area contributed by atoms with Gasteiger partial charge in [0.2, 0.25) is 0 Å². The molecule has 1 aromatic heterocycles. The fourth-order valence-electron chi connectivity index (χ4n) is 3.95. The highest BCUT2D eigenvalue weighted by atomic mass is 19.1. The number of carbonyl (C=O) groups is 2. The average Bonchev–Trinajstić information content (AvgIpc) is 3.34. The van der Waals surface area contributed by atoms with E-state index in [2.05, 4.69) is 20.9 Å². The molecule has 2 heterocycles. The monoisotopic (exact) mass is 534 g/mol. The third-order valence-corrected chi connectivity index (χ3v) is 6.05. The van der Waals surface area contributed by atoms with Crippen molar-refractivity contribution in [1.29, 1.82) is 0 Å². The van der Waals surface area contributed by atoms with Crippen LogP contribution in [0.5, 0.6) is 11.5 Å². The number of amides is 3. The molecular formula is C28H31FN6O4. The summed E-state index contributed by atoms with van der Waals surface area (Å²) in [6, 6.07) is 13.7. The molecule has 204 valence electrons. The zero-order valence-corrected chi connectivity index (χ0v) is 22.2. The van der Waals surface area contributed by atoms with Crippen molar-refractivity contribution >= 4 is 29.0 Å². The van der Waals surface area contributed by atoms with Gasteiger partial charge in [0, 0.05) is 42.9 Å². The summed E-state index contributed by atoms with van der Waals surface area (Å²) in [4.78, 5) is 28.7. The van der Waals surface area contributed by atoms with E-state index in [-0.39, 0.29) is 35.1 Å². The van der Waals surface area contributed by atoms with Crippen molar-refractivity contribution in [2.24, 2.45) is 10.5 Å². The normalized spacial score (nSPS) is 15.0.